The molecule has 1 aromatic rings. The minimum Gasteiger partial charge on any atom is -0.389 e. The number of aryl methyl sites for hydroxylation is 1. The van der Waals surface area contributed by atoms with Crippen molar-refractivity contribution in [1.29, 1.82) is 0 Å². The molecule has 1 fully saturated rings. The summed E-state index contributed by atoms with van der Waals surface area (Å²) in [5.74, 6) is 0. The molecule has 0 spiro atoms. The van der Waals surface area contributed by atoms with Gasteiger partial charge in [0.15, 0.2) is 0 Å². The molecule has 1 aliphatic rings. The zero-order chi connectivity index (χ0) is 14.9. The Labute approximate surface area is 128 Å². The van der Waals surface area contributed by atoms with Crippen LogP contribution in [0.5, 0.6) is 0 Å². The van der Waals surface area contributed by atoms with Gasteiger partial charge in [-0.15, -0.1) is 0 Å². The van der Waals surface area contributed by atoms with Crippen LogP contribution in [0.3, 0.4) is 0 Å². The molecule has 0 heterocycles. The van der Waals surface area contributed by atoms with Gasteiger partial charge in [0, 0.05) is 24.3 Å². The fraction of sp³-hybridized carbons (Fsp3) is 0.588. The fourth-order valence-corrected chi connectivity index (χ4v) is 3.44. The van der Waals surface area contributed by atoms with Gasteiger partial charge in [0.25, 0.3) is 0 Å². The molecule has 1 saturated carbocycles. The summed E-state index contributed by atoms with van der Waals surface area (Å²) in [6.45, 7) is 6.88. The summed E-state index contributed by atoms with van der Waals surface area (Å²) >= 11 is 5.22. The average molecular weight is 290 g/mol. The number of rotatable bonds is 3. The van der Waals surface area contributed by atoms with E-state index in [-0.39, 0.29) is 0 Å². The number of thiocarbonyl (C=S) groups is 1. The second-order valence-electron chi connectivity index (χ2n) is 6.84. The topological polar surface area (TPSA) is 29.3 Å². The normalized spacial score (nSPS) is 18.8. The molecular formula is C17H26N2S. The van der Waals surface area contributed by atoms with Crippen molar-refractivity contribution in [2.24, 2.45) is 11.1 Å². The van der Waals surface area contributed by atoms with Crippen molar-refractivity contribution >= 4 is 22.9 Å². The molecule has 2 N–H and O–H groups in total. The standard InChI is InChI=1S/C17H26N2S/c1-12-6-5-7-14(16(18)20)15(12)19(4)13-8-10-17(2,3)11-9-13/h5-7,13H,8-11H2,1-4H3,(H2,18,20). The maximum absolute atomic E-state index is 5.90. The highest BCUT2D eigenvalue weighted by Crippen LogP contribution is 2.38. The second kappa shape index (κ2) is 5.72. The largest absolute Gasteiger partial charge is 0.389 e. The predicted octanol–water partition coefficient (Wildman–Crippen LogP) is 4.03. The molecular weight excluding hydrogens is 264 g/mol. The quantitative estimate of drug-likeness (QED) is 0.852. The highest BCUT2D eigenvalue weighted by molar-refractivity contribution is 7.80. The van der Waals surface area contributed by atoms with Crippen molar-refractivity contribution in [3.8, 4) is 0 Å². The molecule has 3 heteroatoms. The predicted molar refractivity (Wildman–Crippen MR) is 91.5 cm³/mol. The smallest absolute Gasteiger partial charge is 0.106 e. The van der Waals surface area contributed by atoms with Gasteiger partial charge in [0.05, 0.1) is 0 Å². The minimum atomic E-state index is 0.492. The molecule has 1 aliphatic carbocycles. The molecule has 0 aromatic heterocycles. The minimum absolute atomic E-state index is 0.492. The van der Waals surface area contributed by atoms with E-state index in [4.69, 9.17) is 18.0 Å². The Hall–Kier alpha value is -1.09. The third-order valence-electron chi connectivity index (χ3n) is 4.71. The van der Waals surface area contributed by atoms with Gasteiger partial charge in [-0.25, -0.2) is 0 Å². The van der Waals surface area contributed by atoms with E-state index < -0.39 is 0 Å². The van der Waals surface area contributed by atoms with E-state index in [1.165, 1.54) is 36.9 Å². The van der Waals surface area contributed by atoms with Crippen LogP contribution in [-0.2, 0) is 0 Å². The zero-order valence-electron chi connectivity index (χ0n) is 13.1. The molecule has 0 amide bonds. The third kappa shape index (κ3) is 3.14. The first-order valence-electron chi connectivity index (χ1n) is 7.44. The van der Waals surface area contributed by atoms with Crippen molar-refractivity contribution in [1.82, 2.24) is 0 Å². The lowest BCUT2D eigenvalue weighted by atomic mass is 9.75. The molecule has 20 heavy (non-hydrogen) atoms. The highest BCUT2D eigenvalue weighted by Gasteiger charge is 2.30. The van der Waals surface area contributed by atoms with Crippen LogP contribution in [0, 0.1) is 12.3 Å². The first kappa shape index (κ1) is 15.3. The van der Waals surface area contributed by atoms with E-state index in [1.54, 1.807) is 0 Å². The first-order valence-corrected chi connectivity index (χ1v) is 7.85. The van der Waals surface area contributed by atoms with Crippen molar-refractivity contribution in [3.05, 3.63) is 29.3 Å². The summed E-state index contributed by atoms with van der Waals surface area (Å²) in [6, 6.07) is 6.80. The van der Waals surface area contributed by atoms with Gasteiger partial charge in [-0.1, -0.05) is 38.2 Å². The molecule has 2 nitrogen and oxygen atoms in total. The van der Waals surface area contributed by atoms with E-state index in [1.807, 2.05) is 12.1 Å². The molecule has 110 valence electrons. The van der Waals surface area contributed by atoms with E-state index in [0.29, 0.717) is 16.4 Å². The Morgan fingerprint density at radius 1 is 1.30 bits per heavy atom. The molecule has 0 unspecified atom stereocenters. The van der Waals surface area contributed by atoms with Crippen LogP contribution in [0.4, 0.5) is 5.69 Å². The van der Waals surface area contributed by atoms with Gasteiger partial charge < -0.3 is 10.6 Å². The molecule has 0 atom stereocenters. The molecule has 0 aliphatic heterocycles. The van der Waals surface area contributed by atoms with Crippen LogP contribution in [0.15, 0.2) is 18.2 Å². The van der Waals surface area contributed by atoms with E-state index in [2.05, 4.69) is 38.8 Å². The lowest BCUT2D eigenvalue weighted by Crippen LogP contribution is -2.38. The Bertz CT molecular complexity index is 498. The number of hydrogen-bond donors (Lipinski definition) is 1. The lowest BCUT2D eigenvalue weighted by molar-refractivity contribution is 0.222. The Morgan fingerprint density at radius 2 is 1.90 bits per heavy atom. The van der Waals surface area contributed by atoms with Gasteiger partial charge in [-0.3, -0.25) is 0 Å². The SMILES string of the molecule is Cc1cccc(C(N)=S)c1N(C)C1CCC(C)(C)CC1. The van der Waals surface area contributed by atoms with Gasteiger partial charge in [0.1, 0.15) is 4.99 Å². The number of benzene rings is 1. The van der Waals surface area contributed by atoms with Crippen molar-refractivity contribution < 1.29 is 0 Å². The summed E-state index contributed by atoms with van der Waals surface area (Å²) in [5.41, 5.74) is 9.87. The number of nitrogens with zero attached hydrogens (tertiary/aromatic N) is 1. The second-order valence-corrected chi connectivity index (χ2v) is 7.28. The van der Waals surface area contributed by atoms with Gasteiger partial charge in [0.2, 0.25) is 0 Å². The number of para-hydroxylation sites is 1. The number of anilines is 1. The van der Waals surface area contributed by atoms with Gasteiger partial charge >= 0.3 is 0 Å². The Morgan fingerprint density at radius 3 is 2.45 bits per heavy atom. The van der Waals surface area contributed by atoms with E-state index in [9.17, 15) is 0 Å². The maximum atomic E-state index is 5.90. The summed E-state index contributed by atoms with van der Waals surface area (Å²) in [4.78, 5) is 2.89. The monoisotopic (exact) mass is 290 g/mol. The molecule has 0 saturated heterocycles. The van der Waals surface area contributed by atoms with Crippen LogP contribution in [0.25, 0.3) is 0 Å². The molecule has 0 radical (unpaired) electrons. The highest BCUT2D eigenvalue weighted by atomic mass is 32.1. The zero-order valence-corrected chi connectivity index (χ0v) is 13.9. The van der Waals surface area contributed by atoms with Crippen molar-refractivity contribution in [2.45, 2.75) is 52.5 Å². The fourth-order valence-electron chi connectivity index (χ4n) is 3.28. The Kier molecular flexibility index (Phi) is 4.38. The summed E-state index contributed by atoms with van der Waals surface area (Å²) in [6.07, 6.45) is 5.07. The third-order valence-corrected chi connectivity index (χ3v) is 4.93. The number of nitrogens with two attached hydrogens (primary N) is 1. The summed E-state index contributed by atoms with van der Waals surface area (Å²) in [5, 5.41) is 0. The van der Waals surface area contributed by atoms with Gasteiger partial charge in [-0.2, -0.15) is 0 Å². The van der Waals surface area contributed by atoms with E-state index in [0.717, 1.165) is 5.56 Å². The van der Waals surface area contributed by atoms with Crippen LogP contribution in [0.2, 0.25) is 0 Å². The van der Waals surface area contributed by atoms with Crippen molar-refractivity contribution in [3.63, 3.8) is 0 Å². The van der Waals surface area contributed by atoms with Crippen LogP contribution in [0.1, 0.15) is 50.7 Å². The molecule has 0 bridgehead atoms. The average Bonchev–Trinajstić information content (AvgIpc) is 2.37. The summed E-state index contributed by atoms with van der Waals surface area (Å²) in [7, 11) is 2.19. The van der Waals surface area contributed by atoms with Crippen molar-refractivity contribution in [2.75, 3.05) is 11.9 Å². The van der Waals surface area contributed by atoms with Crippen LogP contribution in [-0.4, -0.2) is 18.1 Å². The molecule has 1 aromatic carbocycles. The Balaban J connectivity index is 2.26. The molecule has 2 rings (SSSR count). The lowest BCUT2D eigenvalue weighted by Gasteiger charge is -2.40. The van der Waals surface area contributed by atoms with E-state index >= 15 is 0 Å². The van der Waals surface area contributed by atoms with Crippen LogP contribution >= 0.6 is 12.2 Å². The number of hydrogen-bond acceptors (Lipinski definition) is 2. The maximum Gasteiger partial charge on any atom is 0.106 e. The summed E-state index contributed by atoms with van der Waals surface area (Å²) < 4.78 is 0. The first-order chi connectivity index (χ1) is 9.32. The van der Waals surface area contributed by atoms with Gasteiger partial charge in [-0.05, 0) is 49.7 Å². The van der Waals surface area contributed by atoms with Crippen LogP contribution < -0.4 is 10.6 Å².